The third-order valence-corrected chi connectivity index (χ3v) is 2.01. The van der Waals surface area contributed by atoms with Gasteiger partial charge in [-0.2, -0.15) is 5.10 Å². The van der Waals surface area contributed by atoms with E-state index in [1.54, 1.807) is 24.5 Å². The van der Waals surface area contributed by atoms with Crippen molar-refractivity contribution in [3.8, 4) is 0 Å². The fourth-order valence-corrected chi connectivity index (χ4v) is 1.30. The molecule has 2 aromatic rings. The quantitative estimate of drug-likeness (QED) is 0.774. The predicted octanol–water partition coefficient (Wildman–Crippen LogP) is -0.0437. The maximum atomic E-state index is 11.1. The van der Waals surface area contributed by atoms with Gasteiger partial charge in [-0.3, -0.25) is 4.79 Å². The molecule has 1 amide bonds. The van der Waals surface area contributed by atoms with Gasteiger partial charge in [0.25, 0.3) is 5.91 Å². The summed E-state index contributed by atoms with van der Waals surface area (Å²) in [4.78, 5) is 19.2. The topological polar surface area (TPSA) is 94.7 Å². The molecular weight excluding hydrogens is 206 g/mol. The Morgan fingerprint density at radius 3 is 2.69 bits per heavy atom. The molecule has 0 unspecified atom stereocenters. The Morgan fingerprint density at radius 2 is 2.00 bits per heavy atom. The molecular formula is C10H9N5O. The van der Waals surface area contributed by atoms with Crippen molar-refractivity contribution < 1.29 is 4.79 Å². The van der Waals surface area contributed by atoms with Crippen molar-refractivity contribution in [3.05, 3.63) is 47.8 Å². The summed E-state index contributed by atoms with van der Waals surface area (Å²) in [6, 6.07) is 3.41. The van der Waals surface area contributed by atoms with Gasteiger partial charge in [-0.05, 0) is 17.7 Å². The van der Waals surface area contributed by atoms with E-state index in [1.807, 2.05) is 0 Å². The lowest BCUT2D eigenvalue weighted by Crippen LogP contribution is -2.17. The van der Waals surface area contributed by atoms with Crippen LogP contribution in [-0.2, 0) is 6.42 Å². The Hall–Kier alpha value is -2.37. The van der Waals surface area contributed by atoms with Gasteiger partial charge in [-0.25, -0.2) is 9.97 Å². The van der Waals surface area contributed by atoms with Gasteiger partial charge in [-0.15, -0.1) is 5.10 Å². The number of aromatic nitrogens is 4. The molecule has 0 aliphatic heterocycles. The van der Waals surface area contributed by atoms with Gasteiger partial charge in [0.1, 0.15) is 5.82 Å². The average Bonchev–Trinajstić information content (AvgIpc) is 2.31. The number of primary amides is 1. The summed E-state index contributed by atoms with van der Waals surface area (Å²) >= 11 is 0. The molecule has 0 radical (unpaired) electrons. The first-order valence-electron chi connectivity index (χ1n) is 4.63. The van der Waals surface area contributed by atoms with Crippen molar-refractivity contribution in [1.82, 2.24) is 20.2 Å². The van der Waals surface area contributed by atoms with Crippen LogP contribution in [0.1, 0.15) is 21.9 Å². The first-order chi connectivity index (χ1) is 7.77. The van der Waals surface area contributed by atoms with E-state index in [2.05, 4.69) is 20.2 Å². The summed E-state index contributed by atoms with van der Waals surface area (Å²) in [6.45, 7) is 0. The lowest BCUT2D eigenvalue weighted by molar-refractivity contribution is 0.0993. The number of amides is 1. The fourth-order valence-electron chi connectivity index (χ4n) is 1.30. The van der Waals surface area contributed by atoms with Crippen molar-refractivity contribution in [1.29, 1.82) is 0 Å². The average molecular weight is 215 g/mol. The molecule has 16 heavy (non-hydrogen) atoms. The Morgan fingerprint density at radius 1 is 1.25 bits per heavy atom. The molecule has 0 saturated carbocycles. The summed E-state index contributed by atoms with van der Waals surface area (Å²) in [5, 5.41) is 7.31. The number of nitrogens with two attached hydrogens (primary N) is 1. The zero-order valence-corrected chi connectivity index (χ0v) is 8.37. The summed E-state index contributed by atoms with van der Waals surface area (Å²) in [5.41, 5.74) is 6.02. The SMILES string of the molecule is NC(=O)c1nnccc1Cc1ncccn1. The molecule has 0 aromatic carbocycles. The Labute approximate surface area is 91.6 Å². The number of nitrogens with zero attached hydrogens (tertiary/aromatic N) is 4. The van der Waals surface area contributed by atoms with Gasteiger partial charge < -0.3 is 5.73 Å². The van der Waals surface area contributed by atoms with Crippen LogP contribution in [0.25, 0.3) is 0 Å². The largest absolute Gasteiger partial charge is 0.364 e. The Bertz CT molecular complexity index is 500. The molecule has 6 heteroatoms. The first-order valence-corrected chi connectivity index (χ1v) is 4.63. The lowest BCUT2D eigenvalue weighted by Gasteiger charge is -2.02. The maximum absolute atomic E-state index is 11.1. The van der Waals surface area contributed by atoms with E-state index in [0.717, 1.165) is 0 Å². The minimum absolute atomic E-state index is 0.162. The summed E-state index contributed by atoms with van der Waals surface area (Å²) in [5.74, 6) is 0.0111. The molecule has 6 nitrogen and oxygen atoms in total. The van der Waals surface area contributed by atoms with E-state index in [4.69, 9.17) is 5.73 Å². The molecule has 0 spiro atoms. The van der Waals surface area contributed by atoms with Gasteiger partial charge in [0.2, 0.25) is 0 Å². The van der Waals surface area contributed by atoms with Crippen LogP contribution in [0.5, 0.6) is 0 Å². The van der Waals surface area contributed by atoms with E-state index >= 15 is 0 Å². The van der Waals surface area contributed by atoms with Crippen LogP contribution in [0.4, 0.5) is 0 Å². The Kier molecular flexibility index (Phi) is 2.81. The van der Waals surface area contributed by atoms with Crippen molar-refractivity contribution in [2.45, 2.75) is 6.42 Å². The third-order valence-electron chi connectivity index (χ3n) is 2.01. The summed E-state index contributed by atoms with van der Waals surface area (Å²) in [7, 11) is 0. The molecule has 2 rings (SSSR count). The highest BCUT2D eigenvalue weighted by molar-refractivity contribution is 5.92. The zero-order chi connectivity index (χ0) is 11.4. The normalized spacial score (nSPS) is 10.0. The lowest BCUT2D eigenvalue weighted by atomic mass is 10.1. The number of hydrogen-bond acceptors (Lipinski definition) is 5. The molecule has 0 aliphatic carbocycles. The standard InChI is InChI=1S/C10H9N5O/c11-10(16)9-7(2-5-14-15-9)6-8-12-3-1-4-13-8/h1-5H,6H2,(H2,11,16). The van der Waals surface area contributed by atoms with Crippen molar-refractivity contribution in [2.75, 3.05) is 0 Å². The molecule has 2 N–H and O–H groups in total. The van der Waals surface area contributed by atoms with Crippen molar-refractivity contribution >= 4 is 5.91 Å². The second-order valence-corrected chi connectivity index (χ2v) is 3.11. The molecule has 2 heterocycles. The summed E-state index contributed by atoms with van der Waals surface area (Å²) < 4.78 is 0. The Balaban J connectivity index is 2.31. The minimum atomic E-state index is -0.598. The van der Waals surface area contributed by atoms with Crippen molar-refractivity contribution in [2.24, 2.45) is 5.73 Å². The van der Waals surface area contributed by atoms with Crippen LogP contribution in [0, 0.1) is 0 Å². The fraction of sp³-hybridized carbons (Fsp3) is 0.100. The van der Waals surface area contributed by atoms with E-state index in [9.17, 15) is 4.79 Å². The maximum Gasteiger partial charge on any atom is 0.269 e. The second-order valence-electron chi connectivity index (χ2n) is 3.11. The number of rotatable bonds is 3. The minimum Gasteiger partial charge on any atom is -0.364 e. The van der Waals surface area contributed by atoms with E-state index in [1.165, 1.54) is 6.20 Å². The number of carbonyl (C=O) groups is 1. The van der Waals surface area contributed by atoms with Gasteiger partial charge in [0.05, 0.1) is 0 Å². The van der Waals surface area contributed by atoms with Crippen LogP contribution in [0.3, 0.4) is 0 Å². The van der Waals surface area contributed by atoms with Gasteiger partial charge >= 0.3 is 0 Å². The second kappa shape index (κ2) is 4.43. The van der Waals surface area contributed by atoms with Gasteiger partial charge in [0.15, 0.2) is 5.69 Å². The van der Waals surface area contributed by atoms with E-state index in [0.29, 0.717) is 17.8 Å². The molecule has 0 aliphatic rings. The molecule has 0 saturated heterocycles. The highest BCUT2D eigenvalue weighted by Gasteiger charge is 2.11. The van der Waals surface area contributed by atoms with Gasteiger partial charge in [-0.1, -0.05) is 0 Å². The highest BCUT2D eigenvalue weighted by Crippen LogP contribution is 2.07. The zero-order valence-electron chi connectivity index (χ0n) is 8.37. The third kappa shape index (κ3) is 2.17. The monoisotopic (exact) mass is 215 g/mol. The molecule has 2 aromatic heterocycles. The molecule has 80 valence electrons. The smallest absolute Gasteiger partial charge is 0.269 e. The highest BCUT2D eigenvalue weighted by atomic mass is 16.1. The van der Waals surface area contributed by atoms with Crippen LogP contribution in [0.2, 0.25) is 0 Å². The van der Waals surface area contributed by atoms with Crippen LogP contribution in [0.15, 0.2) is 30.7 Å². The number of hydrogen-bond donors (Lipinski definition) is 1. The van der Waals surface area contributed by atoms with E-state index < -0.39 is 5.91 Å². The molecule has 0 atom stereocenters. The summed E-state index contributed by atoms with van der Waals surface area (Å²) in [6.07, 6.45) is 5.20. The van der Waals surface area contributed by atoms with Crippen molar-refractivity contribution in [3.63, 3.8) is 0 Å². The predicted molar refractivity (Wildman–Crippen MR) is 55.4 cm³/mol. The first kappa shape index (κ1) is 10.2. The van der Waals surface area contributed by atoms with Gasteiger partial charge in [0, 0.05) is 25.0 Å². The van der Waals surface area contributed by atoms with Crippen LogP contribution < -0.4 is 5.73 Å². The van der Waals surface area contributed by atoms with Crippen LogP contribution in [-0.4, -0.2) is 26.1 Å². The molecule has 0 bridgehead atoms. The molecule has 0 fully saturated rings. The van der Waals surface area contributed by atoms with Crippen LogP contribution >= 0.6 is 0 Å². The van der Waals surface area contributed by atoms with E-state index in [-0.39, 0.29) is 5.69 Å². The number of carbonyl (C=O) groups excluding carboxylic acids is 1.